The molecule has 0 saturated carbocycles. The summed E-state index contributed by atoms with van der Waals surface area (Å²) in [6.07, 6.45) is 1.44. The summed E-state index contributed by atoms with van der Waals surface area (Å²) in [5, 5.41) is 0. The van der Waals surface area contributed by atoms with Crippen LogP contribution in [0.1, 0.15) is 18.9 Å². The Morgan fingerprint density at radius 1 is 1.50 bits per heavy atom. The number of hydrogen-bond donors (Lipinski definition) is 0. The van der Waals surface area contributed by atoms with Crippen molar-refractivity contribution in [3.63, 3.8) is 0 Å². The van der Waals surface area contributed by atoms with Gasteiger partial charge in [-0.2, -0.15) is 0 Å². The first kappa shape index (κ1) is 13.8. The van der Waals surface area contributed by atoms with Crippen LogP contribution in [-0.2, 0) is 11.3 Å². The summed E-state index contributed by atoms with van der Waals surface area (Å²) in [6, 6.07) is 6.27. The summed E-state index contributed by atoms with van der Waals surface area (Å²) in [4.78, 5) is 2.45. The normalized spacial score (nSPS) is 21.6. The molecule has 1 aliphatic rings. The fraction of sp³-hybridized carbons (Fsp3) is 0.571. The Hall–Kier alpha value is -0.580. The van der Waals surface area contributed by atoms with Gasteiger partial charge in [-0.1, -0.05) is 6.07 Å². The van der Waals surface area contributed by atoms with Crippen molar-refractivity contribution < 1.29 is 9.47 Å². The Kier molecular flexibility index (Phi) is 5.03. The first-order valence-corrected chi connectivity index (χ1v) is 7.14. The second-order valence-corrected chi connectivity index (χ2v) is 5.59. The van der Waals surface area contributed by atoms with E-state index in [1.807, 2.05) is 6.07 Å². The highest BCUT2D eigenvalue weighted by atomic mass is 79.9. The second-order valence-electron chi connectivity index (χ2n) is 4.74. The van der Waals surface area contributed by atoms with Crippen LogP contribution >= 0.6 is 15.9 Å². The number of ether oxygens (including phenoxy) is 2. The van der Waals surface area contributed by atoms with Crippen LogP contribution in [0.5, 0.6) is 5.75 Å². The maximum absolute atomic E-state index is 5.66. The molecule has 4 heteroatoms. The predicted molar refractivity (Wildman–Crippen MR) is 76.0 cm³/mol. The highest BCUT2D eigenvalue weighted by molar-refractivity contribution is 9.10. The van der Waals surface area contributed by atoms with Crippen LogP contribution in [-0.4, -0.2) is 37.8 Å². The summed E-state index contributed by atoms with van der Waals surface area (Å²) >= 11 is 3.53. The molecular weight excluding hydrogens is 294 g/mol. The van der Waals surface area contributed by atoms with E-state index >= 15 is 0 Å². The van der Waals surface area contributed by atoms with Gasteiger partial charge in [0.15, 0.2) is 0 Å². The lowest BCUT2D eigenvalue weighted by atomic mass is 10.2. The molecule has 0 aromatic heterocycles. The summed E-state index contributed by atoms with van der Waals surface area (Å²) < 4.78 is 11.9. The molecule has 1 unspecified atom stereocenters. The van der Waals surface area contributed by atoms with E-state index in [9.17, 15) is 0 Å². The lowest BCUT2D eigenvalue weighted by molar-refractivity contribution is 0.0668. The van der Waals surface area contributed by atoms with Gasteiger partial charge in [0.2, 0.25) is 0 Å². The van der Waals surface area contributed by atoms with Gasteiger partial charge in [0.25, 0.3) is 0 Å². The van der Waals surface area contributed by atoms with Crippen molar-refractivity contribution in [3.05, 3.63) is 28.2 Å². The van der Waals surface area contributed by atoms with Crippen LogP contribution in [0.15, 0.2) is 22.7 Å². The predicted octanol–water partition coefficient (Wildman–Crippen LogP) is 3.07. The first-order chi connectivity index (χ1) is 8.69. The van der Waals surface area contributed by atoms with E-state index in [0.29, 0.717) is 6.10 Å². The van der Waals surface area contributed by atoms with Gasteiger partial charge in [0.05, 0.1) is 17.7 Å². The molecule has 1 heterocycles. The minimum absolute atomic E-state index is 0.328. The van der Waals surface area contributed by atoms with Gasteiger partial charge >= 0.3 is 0 Å². The van der Waals surface area contributed by atoms with Gasteiger partial charge in [0.1, 0.15) is 5.75 Å². The molecule has 1 atom stereocenters. The van der Waals surface area contributed by atoms with Crippen molar-refractivity contribution in [2.24, 2.45) is 0 Å². The van der Waals surface area contributed by atoms with E-state index in [-0.39, 0.29) is 0 Å². The van der Waals surface area contributed by atoms with Gasteiger partial charge in [-0.3, -0.25) is 4.90 Å². The van der Waals surface area contributed by atoms with Gasteiger partial charge in [-0.15, -0.1) is 0 Å². The number of rotatable bonds is 3. The van der Waals surface area contributed by atoms with Gasteiger partial charge in [0, 0.05) is 26.2 Å². The summed E-state index contributed by atoms with van der Waals surface area (Å²) in [5.74, 6) is 0.881. The Bertz CT molecular complexity index is 397. The van der Waals surface area contributed by atoms with E-state index in [1.54, 1.807) is 7.11 Å². The van der Waals surface area contributed by atoms with Crippen molar-refractivity contribution in [1.82, 2.24) is 4.90 Å². The standard InChI is InChI=1S/C14H20BrNO2/c1-11-9-16(6-3-7-18-11)10-12-4-5-14(17-2)13(15)8-12/h4-5,8,11H,3,6-7,9-10H2,1-2H3. The molecule has 0 amide bonds. The number of nitrogens with zero attached hydrogens (tertiary/aromatic N) is 1. The van der Waals surface area contributed by atoms with E-state index in [4.69, 9.17) is 9.47 Å². The number of methoxy groups -OCH3 is 1. The summed E-state index contributed by atoms with van der Waals surface area (Å²) in [7, 11) is 1.69. The van der Waals surface area contributed by atoms with E-state index in [1.165, 1.54) is 5.56 Å². The van der Waals surface area contributed by atoms with Crippen LogP contribution in [0.25, 0.3) is 0 Å². The fourth-order valence-electron chi connectivity index (χ4n) is 2.29. The molecule has 1 aromatic rings. The minimum atomic E-state index is 0.328. The fourth-order valence-corrected chi connectivity index (χ4v) is 2.88. The van der Waals surface area contributed by atoms with Crippen molar-refractivity contribution in [2.75, 3.05) is 26.8 Å². The molecule has 0 spiro atoms. The van der Waals surface area contributed by atoms with E-state index in [2.05, 4.69) is 39.9 Å². The average Bonchev–Trinajstić information content (AvgIpc) is 2.54. The molecule has 0 aliphatic carbocycles. The molecule has 0 bridgehead atoms. The third-order valence-corrected chi connectivity index (χ3v) is 3.78. The summed E-state index contributed by atoms with van der Waals surface area (Å²) in [5.41, 5.74) is 1.30. The van der Waals surface area contributed by atoms with Gasteiger partial charge in [-0.25, -0.2) is 0 Å². The van der Waals surface area contributed by atoms with Crippen molar-refractivity contribution >= 4 is 15.9 Å². The smallest absolute Gasteiger partial charge is 0.133 e. The molecular formula is C14H20BrNO2. The zero-order valence-corrected chi connectivity index (χ0v) is 12.6. The number of halogens is 1. The lowest BCUT2D eigenvalue weighted by Gasteiger charge is -2.22. The molecule has 0 N–H and O–H groups in total. The Balaban J connectivity index is 2.01. The van der Waals surface area contributed by atoms with E-state index < -0.39 is 0 Å². The quantitative estimate of drug-likeness (QED) is 0.856. The van der Waals surface area contributed by atoms with Crippen LogP contribution in [0.4, 0.5) is 0 Å². The third kappa shape index (κ3) is 3.70. The maximum Gasteiger partial charge on any atom is 0.133 e. The Morgan fingerprint density at radius 3 is 3.06 bits per heavy atom. The van der Waals surface area contributed by atoms with Crippen molar-refractivity contribution in [2.45, 2.75) is 26.0 Å². The third-order valence-electron chi connectivity index (χ3n) is 3.16. The van der Waals surface area contributed by atoms with Crippen LogP contribution in [0, 0.1) is 0 Å². The molecule has 0 radical (unpaired) electrons. The number of benzene rings is 1. The van der Waals surface area contributed by atoms with Gasteiger partial charge in [-0.05, 0) is 47.0 Å². The first-order valence-electron chi connectivity index (χ1n) is 6.35. The Morgan fingerprint density at radius 2 is 2.33 bits per heavy atom. The van der Waals surface area contributed by atoms with Crippen LogP contribution in [0.2, 0.25) is 0 Å². The minimum Gasteiger partial charge on any atom is -0.496 e. The highest BCUT2D eigenvalue weighted by Crippen LogP contribution is 2.26. The summed E-state index contributed by atoms with van der Waals surface area (Å²) in [6.45, 7) is 6.10. The molecule has 1 aliphatic heterocycles. The average molecular weight is 314 g/mol. The zero-order valence-electron chi connectivity index (χ0n) is 11.0. The van der Waals surface area contributed by atoms with Crippen molar-refractivity contribution in [3.8, 4) is 5.75 Å². The second kappa shape index (κ2) is 6.55. The zero-order chi connectivity index (χ0) is 13.0. The molecule has 1 fully saturated rings. The molecule has 100 valence electrons. The topological polar surface area (TPSA) is 21.7 Å². The molecule has 18 heavy (non-hydrogen) atoms. The van der Waals surface area contributed by atoms with Crippen LogP contribution in [0.3, 0.4) is 0 Å². The molecule has 2 rings (SSSR count). The lowest BCUT2D eigenvalue weighted by Crippen LogP contribution is -2.29. The van der Waals surface area contributed by atoms with Crippen molar-refractivity contribution in [1.29, 1.82) is 0 Å². The molecule has 3 nitrogen and oxygen atoms in total. The van der Waals surface area contributed by atoms with E-state index in [0.717, 1.165) is 42.9 Å². The highest BCUT2D eigenvalue weighted by Gasteiger charge is 2.15. The number of hydrogen-bond acceptors (Lipinski definition) is 3. The molecule has 1 saturated heterocycles. The van der Waals surface area contributed by atoms with Gasteiger partial charge < -0.3 is 9.47 Å². The van der Waals surface area contributed by atoms with Crippen LogP contribution < -0.4 is 4.74 Å². The Labute approximate surface area is 117 Å². The monoisotopic (exact) mass is 313 g/mol. The largest absolute Gasteiger partial charge is 0.496 e. The maximum atomic E-state index is 5.66. The molecule has 1 aromatic carbocycles. The SMILES string of the molecule is COc1ccc(CN2CCCOC(C)C2)cc1Br.